The maximum absolute atomic E-state index is 12.9. The van der Waals surface area contributed by atoms with E-state index in [1.165, 1.54) is 42.4 Å². The molecule has 1 saturated heterocycles. The number of carbonyl (C=O) groups is 2. The van der Waals surface area contributed by atoms with E-state index in [9.17, 15) is 18.0 Å². The normalized spacial score (nSPS) is 15.1. The van der Waals surface area contributed by atoms with Gasteiger partial charge in [0, 0.05) is 0 Å². The van der Waals surface area contributed by atoms with Gasteiger partial charge in [0.05, 0.1) is 23.6 Å². The fraction of sp³-hybridized carbons (Fsp3) is 0.120. The highest BCUT2D eigenvalue weighted by Gasteiger charge is 2.35. The van der Waals surface area contributed by atoms with Gasteiger partial charge in [-0.3, -0.25) is 14.5 Å². The van der Waals surface area contributed by atoms with Crippen LogP contribution in [0, 0.1) is 6.92 Å². The highest BCUT2D eigenvalue weighted by Crippen LogP contribution is 2.40. The molecule has 0 unspecified atom stereocenters. The second-order valence-corrected chi connectivity index (χ2v) is 10.6. The number of amides is 2. The first-order valence-electron chi connectivity index (χ1n) is 10.4. The molecule has 35 heavy (non-hydrogen) atoms. The molecule has 0 saturated carbocycles. The van der Waals surface area contributed by atoms with Gasteiger partial charge in [-0.1, -0.05) is 59.6 Å². The molecule has 1 fully saturated rings. The van der Waals surface area contributed by atoms with Gasteiger partial charge in [-0.25, -0.2) is 0 Å². The van der Waals surface area contributed by atoms with Crippen LogP contribution in [0.4, 0.5) is 4.79 Å². The predicted molar refractivity (Wildman–Crippen MR) is 135 cm³/mol. The lowest BCUT2D eigenvalue weighted by atomic mass is 10.1. The third kappa shape index (κ3) is 5.53. The Bertz CT molecular complexity index is 1420. The van der Waals surface area contributed by atoms with E-state index >= 15 is 0 Å². The number of ether oxygens (including phenoxy) is 1. The summed E-state index contributed by atoms with van der Waals surface area (Å²) in [6, 6.07) is 18.1. The van der Waals surface area contributed by atoms with Gasteiger partial charge >= 0.3 is 10.1 Å². The number of methoxy groups -OCH3 is 1. The third-order valence-electron chi connectivity index (χ3n) is 5.11. The molecule has 4 rings (SSSR count). The van der Waals surface area contributed by atoms with Crippen molar-refractivity contribution < 1.29 is 26.9 Å². The van der Waals surface area contributed by atoms with Crippen molar-refractivity contribution in [2.45, 2.75) is 18.4 Å². The van der Waals surface area contributed by atoms with Gasteiger partial charge in [0.2, 0.25) is 5.75 Å². The third-order valence-corrected chi connectivity index (χ3v) is 7.53. The Balaban J connectivity index is 1.59. The van der Waals surface area contributed by atoms with Gasteiger partial charge in [-0.05, 0) is 60.2 Å². The number of hydrogen-bond acceptors (Lipinski definition) is 7. The Morgan fingerprint density at radius 1 is 1.03 bits per heavy atom. The van der Waals surface area contributed by atoms with Crippen molar-refractivity contribution >= 4 is 50.7 Å². The second kappa shape index (κ2) is 10.2. The zero-order valence-corrected chi connectivity index (χ0v) is 21.1. The molecule has 0 bridgehead atoms. The summed E-state index contributed by atoms with van der Waals surface area (Å²) in [4.78, 5) is 26.7. The SMILES string of the molecule is COc1cc(/C=C2\SC(=O)N(Cc3ccc(C)cc3)C2=O)cc(Cl)c1OS(=O)(=O)c1ccccc1. The molecule has 180 valence electrons. The molecule has 0 N–H and O–H groups in total. The fourth-order valence-corrected chi connectivity index (χ4v) is 5.43. The van der Waals surface area contributed by atoms with E-state index in [1.807, 2.05) is 31.2 Å². The first-order chi connectivity index (χ1) is 16.7. The zero-order valence-electron chi connectivity index (χ0n) is 18.7. The standard InChI is InChI=1S/C25H20ClNO6S2/c1-16-8-10-17(11-9-16)15-27-24(28)22(34-25(27)29)14-18-12-20(26)23(21(13-18)32-2)33-35(30,31)19-6-4-3-5-7-19/h3-14H,15H2,1-2H3/b22-14-. The number of aryl methyl sites for hydroxylation is 1. The molecule has 3 aromatic carbocycles. The first-order valence-corrected chi connectivity index (χ1v) is 13.0. The van der Waals surface area contributed by atoms with Crippen molar-refractivity contribution in [3.05, 3.63) is 93.3 Å². The Kier molecular flexibility index (Phi) is 7.20. The number of nitrogens with zero attached hydrogens (tertiary/aromatic N) is 1. The van der Waals surface area contributed by atoms with Crippen LogP contribution >= 0.6 is 23.4 Å². The number of carbonyl (C=O) groups excluding carboxylic acids is 2. The second-order valence-electron chi connectivity index (χ2n) is 7.64. The number of hydrogen-bond donors (Lipinski definition) is 0. The summed E-state index contributed by atoms with van der Waals surface area (Å²) in [5.41, 5.74) is 2.36. The maximum atomic E-state index is 12.9. The van der Waals surface area contributed by atoms with E-state index in [0.717, 1.165) is 22.9 Å². The highest BCUT2D eigenvalue weighted by atomic mass is 35.5. The van der Waals surface area contributed by atoms with Gasteiger partial charge in [0.15, 0.2) is 5.75 Å². The molecule has 1 aliphatic heterocycles. The van der Waals surface area contributed by atoms with Gasteiger partial charge in [0.25, 0.3) is 11.1 Å². The van der Waals surface area contributed by atoms with E-state index in [2.05, 4.69) is 0 Å². The van der Waals surface area contributed by atoms with Gasteiger partial charge < -0.3 is 8.92 Å². The number of halogens is 1. The van der Waals surface area contributed by atoms with Crippen molar-refractivity contribution in [3.8, 4) is 11.5 Å². The fourth-order valence-electron chi connectivity index (χ4n) is 3.31. The minimum absolute atomic E-state index is 0.0333. The lowest BCUT2D eigenvalue weighted by molar-refractivity contribution is -0.123. The summed E-state index contributed by atoms with van der Waals surface area (Å²) in [5, 5.41) is -0.414. The van der Waals surface area contributed by atoms with Crippen LogP contribution in [0.2, 0.25) is 5.02 Å². The van der Waals surface area contributed by atoms with E-state index in [1.54, 1.807) is 18.2 Å². The highest BCUT2D eigenvalue weighted by molar-refractivity contribution is 8.18. The Morgan fingerprint density at radius 2 is 1.71 bits per heavy atom. The van der Waals surface area contributed by atoms with Crippen LogP contribution in [0.25, 0.3) is 6.08 Å². The number of imide groups is 1. The molecule has 1 aliphatic rings. The smallest absolute Gasteiger partial charge is 0.339 e. The van der Waals surface area contributed by atoms with Crippen LogP contribution in [0.5, 0.6) is 11.5 Å². The largest absolute Gasteiger partial charge is 0.493 e. The van der Waals surface area contributed by atoms with Gasteiger partial charge in [-0.15, -0.1) is 0 Å². The topological polar surface area (TPSA) is 90.0 Å². The lowest BCUT2D eigenvalue weighted by Crippen LogP contribution is -2.27. The Labute approximate surface area is 212 Å². The quantitative estimate of drug-likeness (QED) is 0.288. The first kappa shape index (κ1) is 24.8. The molecule has 0 aliphatic carbocycles. The van der Waals surface area contributed by atoms with Gasteiger partial charge in [-0.2, -0.15) is 8.42 Å². The number of thioether (sulfide) groups is 1. The molecule has 2 amide bonds. The van der Waals surface area contributed by atoms with Crippen LogP contribution in [-0.2, 0) is 21.5 Å². The van der Waals surface area contributed by atoms with Crippen LogP contribution in [0.3, 0.4) is 0 Å². The van der Waals surface area contributed by atoms with Crippen molar-refractivity contribution in [2.24, 2.45) is 0 Å². The predicted octanol–water partition coefficient (Wildman–Crippen LogP) is 5.66. The molecule has 1 heterocycles. The molecule has 0 spiro atoms. The number of benzene rings is 3. The average Bonchev–Trinajstić information content (AvgIpc) is 3.09. The average molecular weight is 530 g/mol. The molecule has 0 atom stereocenters. The molecular formula is C25H20ClNO6S2. The minimum Gasteiger partial charge on any atom is -0.493 e. The molecule has 0 aromatic heterocycles. The minimum atomic E-state index is -4.15. The maximum Gasteiger partial charge on any atom is 0.339 e. The summed E-state index contributed by atoms with van der Waals surface area (Å²) >= 11 is 7.16. The van der Waals surface area contributed by atoms with Crippen molar-refractivity contribution in [1.29, 1.82) is 0 Å². The van der Waals surface area contributed by atoms with Crippen molar-refractivity contribution in [3.63, 3.8) is 0 Å². The Hall–Kier alpha value is -3.27. The molecule has 0 radical (unpaired) electrons. The zero-order chi connectivity index (χ0) is 25.2. The summed E-state index contributed by atoms with van der Waals surface area (Å²) in [7, 11) is -2.81. The van der Waals surface area contributed by atoms with Crippen molar-refractivity contribution in [1.82, 2.24) is 4.90 Å². The molecular weight excluding hydrogens is 510 g/mol. The summed E-state index contributed by atoms with van der Waals surface area (Å²) in [6.07, 6.45) is 1.50. The lowest BCUT2D eigenvalue weighted by Gasteiger charge is -2.13. The molecule has 3 aromatic rings. The van der Waals surface area contributed by atoms with Crippen LogP contribution in [0.15, 0.2) is 76.5 Å². The Morgan fingerprint density at radius 3 is 2.37 bits per heavy atom. The van der Waals surface area contributed by atoms with E-state index in [0.29, 0.717) is 5.56 Å². The van der Waals surface area contributed by atoms with Crippen LogP contribution in [-0.4, -0.2) is 31.6 Å². The van der Waals surface area contributed by atoms with E-state index < -0.39 is 16.0 Å². The van der Waals surface area contributed by atoms with E-state index in [-0.39, 0.29) is 38.1 Å². The molecule has 7 nitrogen and oxygen atoms in total. The monoisotopic (exact) mass is 529 g/mol. The van der Waals surface area contributed by atoms with Crippen LogP contribution < -0.4 is 8.92 Å². The summed E-state index contributed by atoms with van der Waals surface area (Å²) in [6.45, 7) is 2.12. The van der Waals surface area contributed by atoms with Gasteiger partial charge in [0.1, 0.15) is 4.90 Å². The molecule has 10 heteroatoms. The summed E-state index contributed by atoms with van der Waals surface area (Å²) in [5.74, 6) is -0.549. The van der Waals surface area contributed by atoms with E-state index in [4.69, 9.17) is 20.5 Å². The van der Waals surface area contributed by atoms with Crippen LogP contribution in [0.1, 0.15) is 16.7 Å². The summed E-state index contributed by atoms with van der Waals surface area (Å²) < 4.78 is 35.8. The van der Waals surface area contributed by atoms with Crippen molar-refractivity contribution in [2.75, 3.05) is 7.11 Å². The number of rotatable bonds is 7.